The molecular formula is C29H35F2N3O6. The molecule has 0 spiro atoms. The normalized spacial score (nSPS) is 16.5. The highest BCUT2D eigenvalue weighted by molar-refractivity contribution is 6.01. The number of benzene rings is 2. The predicted octanol–water partition coefficient (Wildman–Crippen LogP) is 3.31. The molecular weight excluding hydrogens is 524 g/mol. The first-order valence-corrected chi connectivity index (χ1v) is 13.3. The van der Waals surface area contributed by atoms with Gasteiger partial charge in [0, 0.05) is 43.2 Å². The highest BCUT2D eigenvalue weighted by Gasteiger charge is 2.38. The third-order valence-electron chi connectivity index (χ3n) is 6.75. The second kappa shape index (κ2) is 12.3. The minimum absolute atomic E-state index is 0.0276. The second-order valence-electron chi connectivity index (χ2n) is 11.0. The smallest absolute Gasteiger partial charge is 0.306 e. The summed E-state index contributed by atoms with van der Waals surface area (Å²) in [4.78, 5) is 41.0. The highest BCUT2D eigenvalue weighted by Crippen LogP contribution is 2.34. The molecule has 0 saturated carbocycles. The zero-order chi connectivity index (χ0) is 29.0. The van der Waals surface area contributed by atoms with Crippen molar-refractivity contribution in [3.63, 3.8) is 0 Å². The van der Waals surface area contributed by atoms with Crippen LogP contribution >= 0.6 is 0 Å². The van der Waals surface area contributed by atoms with Crippen LogP contribution in [0.2, 0.25) is 0 Å². The number of carbonyl (C=O) groups is 3. The van der Waals surface area contributed by atoms with Crippen LogP contribution in [0.5, 0.6) is 5.75 Å². The summed E-state index contributed by atoms with van der Waals surface area (Å²) in [5.74, 6) is -3.03. The standard InChI is InChI=1S/C29H35F2N3O6/c1-29(2,3)40-26(35)7-6-24(27(32)36)34-16-22-21(28(34)37)13-20(30)14-25(22)39-17-19-5-4-18(12-23(19)31)15-33-8-10-38-11-9-33/h4-5,12-14,24H,6-11,15-17H2,1-3H3,(H2,32,36)/t24-/m0/s1. The van der Waals surface area contributed by atoms with E-state index < -0.39 is 41.1 Å². The van der Waals surface area contributed by atoms with Gasteiger partial charge in [-0.05, 0) is 44.9 Å². The van der Waals surface area contributed by atoms with Crippen molar-refractivity contribution in [2.45, 2.75) is 65.0 Å². The van der Waals surface area contributed by atoms with E-state index in [9.17, 15) is 23.2 Å². The van der Waals surface area contributed by atoms with Crippen LogP contribution in [0.25, 0.3) is 0 Å². The Kier molecular flexibility index (Phi) is 9.05. The fourth-order valence-corrected chi connectivity index (χ4v) is 4.82. The van der Waals surface area contributed by atoms with Gasteiger partial charge in [0.25, 0.3) is 5.91 Å². The third-order valence-corrected chi connectivity index (χ3v) is 6.75. The van der Waals surface area contributed by atoms with Gasteiger partial charge in [-0.3, -0.25) is 19.3 Å². The zero-order valence-corrected chi connectivity index (χ0v) is 23.0. The van der Waals surface area contributed by atoms with Crippen molar-refractivity contribution in [2.75, 3.05) is 26.3 Å². The lowest BCUT2D eigenvalue weighted by Crippen LogP contribution is -2.45. The van der Waals surface area contributed by atoms with Gasteiger partial charge in [0.2, 0.25) is 5.91 Å². The Morgan fingerprint density at radius 2 is 1.85 bits per heavy atom. The molecule has 2 amide bonds. The molecule has 0 bridgehead atoms. The molecule has 9 nitrogen and oxygen atoms in total. The summed E-state index contributed by atoms with van der Waals surface area (Å²) in [6, 6.07) is 5.98. The number of hydrogen-bond donors (Lipinski definition) is 1. The Balaban J connectivity index is 1.45. The number of carbonyl (C=O) groups excluding carboxylic acids is 3. The predicted molar refractivity (Wildman–Crippen MR) is 141 cm³/mol. The SMILES string of the molecule is CC(C)(C)OC(=O)CC[C@@H](C(N)=O)N1Cc2c(OCc3ccc(CN4CCOCC4)cc3F)cc(F)cc2C1=O. The lowest BCUT2D eigenvalue weighted by molar-refractivity contribution is -0.155. The first-order chi connectivity index (χ1) is 18.9. The minimum atomic E-state index is -1.11. The molecule has 2 N–H and O–H groups in total. The molecule has 0 unspecified atom stereocenters. The third kappa shape index (κ3) is 7.33. The van der Waals surface area contributed by atoms with Crippen molar-refractivity contribution < 1.29 is 37.4 Å². The van der Waals surface area contributed by atoms with Crippen LogP contribution < -0.4 is 10.5 Å². The molecule has 1 saturated heterocycles. The molecule has 11 heteroatoms. The van der Waals surface area contributed by atoms with Crippen molar-refractivity contribution in [2.24, 2.45) is 5.73 Å². The maximum atomic E-state index is 14.9. The minimum Gasteiger partial charge on any atom is -0.488 e. The number of primary amides is 1. The van der Waals surface area contributed by atoms with E-state index in [2.05, 4.69) is 4.90 Å². The molecule has 2 aromatic carbocycles. The van der Waals surface area contributed by atoms with E-state index in [0.29, 0.717) is 25.3 Å². The number of ether oxygens (including phenoxy) is 3. The van der Waals surface area contributed by atoms with E-state index in [1.165, 1.54) is 11.0 Å². The maximum absolute atomic E-state index is 14.9. The zero-order valence-electron chi connectivity index (χ0n) is 23.0. The fourth-order valence-electron chi connectivity index (χ4n) is 4.82. The summed E-state index contributed by atoms with van der Waals surface area (Å²) in [5, 5.41) is 0. The van der Waals surface area contributed by atoms with Gasteiger partial charge in [0.1, 0.15) is 35.6 Å². The van der Waals surface area contributed by atoms with Gasteiger partial charge in [-0.1, -0.05) is 12.1 Å². The summed E-state index contributed by atoms with van der Waals surface area (Å²) in [7, 11) is 0. The molecule has 4 rings (SSSR count). The Hall–Kier alpha value is -3.57. The number of morpholine rings is 1. The van der Waals surface area contributed by atoms with Crippen LogP contribution in [0.15, 0.2) is 30.3 Å². The van der Waals surface area contributed by atoms with Crippen LogP contribution in [0, 0.1) is 11.6 Å². The number of fused-ring (bicyclic) bond motifs is 1. The molecule has 1 fully saturated rings. The Morgan fingerprint density at radius 3 is 2.50 bits per heavy atom. The Labute approximate surface area is 232 Å². The van der Waals surface area contributed by atoms with E-state index in [4.69, 9.17) is 19.9 Å². The number of rotatable bonds is 10. The van der Waals surface area contributed by atoms with Gasteiger partial charge in [-0.15, -0.1) is 0 Å². The maximum Gasteiger partial charge on any atom is 0.306 e. The molecule has 0 aromatic heterocycles. The summed E-state index contributed by atoms with van der Waals surface area (Å²) < 4.78 is 45.8. The van der Waals surface area contributed by atoms with E-state index in [1.54, 1.807) is 26.8 Å². The monoisotopic (exact) mass is 559 g/mol. The summed E-state index contributed by atoms with van der Waals surface area (Å²) in [6.45, 7) is 8.36. The Morgan fingerprint density at radius 1 is 1.12 bits per heavy atom. The van der Waals surface area contributed by atoms with Crippen molar-refractivity contribution in [3.8, 4) is 5.75 Å². The highest BCUT2D eigenvalue weighted by atomic mass is 19.1. The number of amides is 2. The largest absolute Gasteiger partial charge is 0.488 e. The first-order valence-electron chi connectivity index (χ1n) is 13.3. The molecule has 1 atom stereocenters. The molecule has 2 aromatic rings. The Bertz CT molecular complexity index is 1270. The van der Waals surface area contributed by atoms with Gasteiger partial charge < -0.3 is 24.8 Å². The molecule has 216 valence electrons. The van der Waals surface area contributed by atoms with Crippen molar-refractivity contribution in [1.29, 1.82) is 0 Å². The van der Waals surface area contributed by atoms with Crippen LogP contribution in [-0.4, -0.2) is 65.5 Å². The van der Waals surface area contributed by atoms with Gasteiger partial charge in [0.05, 0.1) is 25.3 Å². The average Bonchev–Trinajstić information content (AvgIpc) is 3.19. The van der Waals surface area contributed by atoms with E-state index in [-0.39, 0.29) is 42.9 Å². The summed E-state index contributed by atoms with van der Waals surface area (Å²) >= 11 is 0. The average molecular weight is 560 g/mol. The molecule has 0 aliphatic carbocycles. The number of halogens is 2. The fraction of sp³-hybridized carbons (Fsp3) is 0.483. The molecule has 2 heterocycles. The van der Waals surface area contributed by atoms with E-state index in [0.717, 1.165) is 30.8 Å². The summed E-state index contributed by atoms with van der Waals surface area (Å²) in [6.07, 6.45) is -0.186. The number of hydrogen-bond acceptors (Lipinski definition) is 7. The van der Waals surface area contributed by atoms with Gasteiger partial charge in [-0.25, -0.2) is 8.78 Å². The quantitative estimate of drug-likeness (QED) is 0.445. The van der Waals surface area contributed by atoms with E-state index >= 15 is 0 Å². The lowest BCUT2D eigenvalue weighted by atomic mass is 10.1. The van der Waals surface area contributed by atoms with Crippen molar-refractivity contribution in [1.82, 2.24) is 9.80 Å². The lowest BCUT2D eigenvalue weighted by Gasteiger charge is -2.26. The first kappa shape index (κ1) is 29.4. The molecule has 2 aliphatic heterocycles. The molecule has 40 heavy (non-hydrogen) atoms. The second-order valence-corrected chi connectivity index (χ2v) is 11.0. The molecule has 0 radical (unpaired) electrons. The van der Waals surface area contributed by atoms with Gasteiger partial charge >= 0.3 is 5.97 Å². The van der Waals surface area contributed by atoms with Crippen LogP contribution in [0.3, 0.4) is 0 Å². The van der Waals surface area contributed by atoms with Crippen LogP contribution in [0.1, 0.15) is 60.7 Å². The summed E-state index contributed by atoms with van der Waals surface area (Å²) in [5.41, 5.74) is 6.36. The van der Waals surface area contributed by atoms with Crippen LogP contribution in [-0.2, 0) is 38.8 Å². The van der Waals surface area contributed by atoms with E-state index in [1.807, 2.05) is 6.07 Å². The van der Waals surface area contributed by atoms with Crippen molar-refractivity contribution >= 4 is 17.8 Å². The number of nitrogens with two attached hydrogens (primary N) is 1. The van der Waals surface area contributed by atoms with Crippen molar-refractivity contribution in [3.05, 3.63) is 64.2 Å². The topological polar surface area (TPSA) is 111 Å². The number of nitrogens with zero attached hydrogens (tertiary/aromatic N) is 2. The molecule has 2 aliphatic rings. The van der Waals surface area contributed by atoms with Crippen LogP contribution in [0.4, 0.5) is 8.78 Å². The van der Waals surface area contributed by atoms with Gasteiger partial charge in [0.15, 0.2) is 0 Å². The number of esters is 1. The van der Waals surface area contributed by atoms with Gasteiger partial charge in [-0.2, -0.15) is 0 Å².